The monoisotopic (exact) mass is 250 g/mol. The summed E-state index contributed by atoms with van der Waals surface area (Å²) in [6.45, 7) is 3.68. The van der Waals surface area contributed by atoms with Gasteiger partial charge in [0.15, 0.2) is 5.41 Å². The highest BCUT2D eigenvalue weighted by Gasteiger charge is 2.66. The summed E-state index contributed by atoms with van der Waals surface area (Å²) in [5.41, 5.74) is -0.459. The summed E-state index contributed by atoms with van der Waals surface area (Å²) in [6, 6.07) is 1.69. The molecule has 1 fully saturated rings. The fraction of sp³-hybridized carbons (Fsp3) is 0.385. The van der Waals surface area contributed by atoms with E-state index in [1.807, 2.05) is 0 Å². The minimum Gasteiger partial charge on any atom is -0.472 e. The van der Waals surface area contributed by atoms with Crippen LogP contribution in [0.5, 0.6) is 0 Å². The Bertz CT molecular complexity index is 462. The summed E-state index contributed by atoms with van der Waals surface area (Å²) >= 11 is 0. The number of hydrogen-bond acceptors (Lipinski definition) is 5. The molecule has 0 spiro atoms. The van der Waals surface area contributed by atoms with Gasteiger partial charge >= 0.3 is 11.9 Å². The molecule has 1 aliphatic rings. The van der Waals surface area contributed by atoms with Crippen molar-refractivity contribution in [3.63, 3.8) is 0 Å². The zero-order valence-corrected chi connectivity index (χ0v) is 10.0. The second kappa shape index (κ2) is 4.68. The fourth-order valence-corrected chi connectivity index (χ4v) is 1.96. The van der Waals surface area contributed by atoms with Gasteiger partial charge in [0, 0.05) is 11.5 Å². The average molecular weight is 250 g/mol. The normalized spacial score (nSPS) is 25.3. The SMILES string of the molecule is C=CC1CC1(C(=O)OC)C(=O)OCc1ccoc1. The van der Waals surface area contributed by atoms with Crippen molar-refractivity contribution in [2.75, 3.05) is 7.11 Å². The number of allylic oxidation sites excluding steroid dienone is 1. The van der Waals surface area contributed by atoms with E-state index >= 15 is 0 Å². The Morgan fingerprint density at radius 1 is 1.61 bits per heavy atom. The maximum absolute atomic E-state index is 12.0. The smallest absolute Gasteiger partial charge is 0.324 e. The molecule has 1 aliphatic carbocycles. The van der Waals surface area contributed by atoms with Crippen molar-refractivity contribution in [2.45, 2.75) is 13.0 Å². The highest BCUT2D eigenvalue weighted by molar-refractivity contribution is 6.04. The quantitative estimate of drug-likeness (QED) is 0.452. The predicted molar refractivity (Wildman–Crippen MR) is 61.3 cm³/mol. The first-order valence-corrected chi connectivity index (χ1v) is 5.54. The maximum Gasteiger partial charge on any atom is 0.324 e. The third-order valence-electron chi connectivity index (χ3n) is 3.16. The Morgan fingerprint density at radius 2 is 2.39 bits per heavy atom. The largest absolute Gasteiger partial charge is 0.472 e. The summed E-state index contributed by atoms with van der Waals surface area (Å²) in [7, 11) is 1.26. The van der Waals surface area contributed by atoms with Crippen LogP contribution in [0.15, 0.2) is 35.7 Å². The molecule has 0 aliphatic heterocycles. The van der Waals surface area contributed by atoms with E-state index in [-0.39, 0.29) is 12.5 Å². The molecule has 1 aromatic heterocycles. The molecule has 96 valence electrons. The van der Waals surface area contributed by atoms with Crippen LogP contribution < -0.4 is 0 Å². The summed E-state index contributed by atoms with van der Waals surface area (Å²) in [5.74, 6) is -1.34. The summed E-state index contributed by atoms with van der Waals surface area (Å²) < 4.78 is 14.6. The average Bonchev–Trinajstić information content (AvgIpc) is 2.92. The van der Waals surface area contributed by atoms with Crippen LogP contribution >= 0.6 is 0 Å². The van der Waals surface area contributed by atoms with Crippen LogP contribution in [0.1, 0.15) is 12.0 Å². The summed E-state index contributed by atoms with van der Waals surface area (Å²) in [5, 5.41) is 0. The predicted octanol–water partition coefficient (Wildman–Crippen LogP) is 1.69. The Kier molecular flexibility index (Phi) is 3.23. The van der Waals surface area contributed by atoms with Crippen molar-refractivity contribution in [2.24, 2.45) is 11.3 Å². The van der Waals surface area contributed by atoms with E-state index in [1.165, 1.54) is 19.6 Å². The van der Waals surface area contributed by atoms with Gasteiger partial charge in [-0.25, -0.2) is 0 Å². The van der Waals surface area contributed by atoms with Gasteiger partial charge in [-0.1, -0.05) is 6.08 Å². The Labute approximate surface area is 104 Å². The first kappa shape index (κ1) is 12.4. The number of carbonyl (C=O) groups excluding carboxylic acids is 2. The lowest BCUT2D eigenvalue weighted by molar-refractivity contribution is -0.164. The zero-order chi connectivity index (χ0) is 13.2. The summed E-state index contributed by atoms with van der Waals surface area (Å²) in [6.07, 6.45) is 4.95. The molecule has 5 nitrogen and oxygen atoms in total. The first-order valence-electron chi connectivity index (χ1n) is 5.54. The maximum atomic E-state index is 12.0. The molecule has 2 rings (SSSR count). The van der Waals surface area contributed by atoms with E-state index < -0.39 is 17.4 Å². The van der Waals surface area contributed by atoms with E-state index in [4.69, 9.17) is 9.15 Å². The van der Waals surface area contributed by atoms with Crippen LogP contribution in [-0.4, -0.2) is 19.0 Å². The van der Waals surface area contributed by atoms with Crippen molar-refractivity contribution in [1.82, 2.24) is 0 Å². The third-order valence-corrected chi connectivity index (χ3v) is 3.16. The Balaban J connectivity index is 2.02. The van der Waals surface area contributed by atoms with Crippen molar-refractivity contribution >= 4 is 11.9 Å². The van der Waals surface area contributed by atoms with Crippen LogP contribution in [0.4, 0.5) is 0 Å². The minimum atomic E-state index is -1.19. The van der Waals surface area contributed by atoms with Crippen molar-refractivity contribution < 1.29 is 23.5 Å². The van der Waals surface area contributed by atoms with Crippen molar-refractivity contribution in [1.29, 1.82) is 0 Å². The van der Waals surface area contributed by atoms with Crippen LogP contribution in [0.2, 0.25) is 0 Å². The molecule has 0 N–H and O–H groups in total. The number of furan rings is 1. The molecule has 0 aromatic carbocycles. The van der Waals surface area contributed by atoms with Gasteiger partial charge in [0.2, 0.25) is 0 Å². The van der Waals surface area contributed by atoms with Crippen molar-refractivity contribution in [3.05, 3.63) is 36.8 Å². The molecule has 0 saturated heterocycles. The number of carbonyl (C=O) groups is 2. The summed E-state index contributed by atoms with van der Waals surface area (Å²) in [4.78, 5) is 23.7. The highest BCUT2D eigenvalue weighted by atomic mass is 16.6. The van der Waals surface area contributed by atoms with Gasteiger partial charge in [-0.15, -0.1) is 6.58 Å². The van der Waals surface area contributed by atoms with E-state index in [0.29, 0.717) is 6.42 Å². The number of hydrogen-bond donors (Lipinski definition) is 0. The Hall–Kier alpha value is -2.04. The molecular weight excluding hydrogens is 236 g/mol. The second-order valence-electron chi connectivity index (χ2n) is 4.22. The number of rotatable bonds is 5. The second-order valence-corrected chi connectivity index (χ2v) is 4.22. The molecule has 1 aromatic rings. The number of methoxy groups -OCH3 is 1. The molecule has 1 saturated carbocycles. The van der Waals surface area contributed by atoms with Crippen LogP contribution in [0.3, 0.4) is 0 Å². The van der Waals surface area contributed by atoms with Gasteiger partial charge in [0.1, 0.15) is 6.61 Å². The van der Waals surface area contributed by atoms with Crippen LogP contribution in [0.25, 0.3) is 0 Å². The molecule has 0 radical (unpaired) electrons. The van der Waals surface area contributed by atoms with Gasteiger partial charge in [0.05, 0.1) is 19.6 Å². The van der Waals surface area contributed by atoms with Gasteiger partial charge in [-0.3, -0.25) is 9.59 Å². The van der Waals surface area contributed by atoms with E-state index in [0.717, 1.165) is 5.56 Å². The third kappa shape index (κ3) is 1.92. The number of ether oxygens (including phenoxy) is 2. The molecule has 1 heterocycles. The number of esters is 2. The standard InChI is InChI=1S/C13H14O5/c1-3-10-6-13(10,11(14)16-2)12(15)18-8-9-4-5-17-7-9/h3-5,7,10H,1,6,8H2,2H3. The molecule has 5 heteroatoms. The first-order chi connectivity index (χ1) is 8.65. The van der Waals surface area contributed by atoms with E-state index in [1.54, 1.807) is 12.1 Å². The Morgan fingerprint density at radius 3 is 2.89 bits per heavy atom. The molecule has 2 atom stereocenters. The van der Waals surface area contributed by atoms with Crippen LogP contribution in [-0.2, 0) is 25.7 Å². The molecule has 2 unspecified atom stereocenters. The minimum absolute atomic E-state index is 0.0813. The van der Waals surface area contributed by atoms with Gasteiger partial charge in [0.25, 0.3) is 0 Å². The topological polar surface area (TPSA) is 65.7 Å². The molecule has 0 amide bonds. The zero-order valence-electron chi connectivity index (χ0n) is 10.0. The lowest BCUT2D eigenvalue weighted by atomic mass is 10.0. The molecule has 18 heavy (non-hydrogen) atoms. The fourth-order valence-electron chi connectivity index (χ4n) is 1.96. The molecular formula is C13H14O5. The lowest BCUT2D eigenvalue weighted by Gasteiger charge is -2.12. The van der Waals surface area contributed by atoms with E-state index in [9.17, 15) is 9.59 Å². The van der Waals surface area contributed by atoms with Gasteiger partial charge in [-0.05, 0) is 12.5 Å². The lowest BCUT2D eigenvalue weighted by Crippen LogP contribution is -2.30. The van der Waals surface area contributed by atoms with Gasteiger partial charge in [-0.2, -0.15) is 0 Å². The van der Waals surface area contributed by atoms with Crippen LogP contribution in [0, 0.1) is 11.3 Å². The molecule has 0 bridgehead atoms. The van der Waals surface area contributed by atoms with Crippen molar-refractivity contribution in [3.8, 4) is 0 Å². The van der Waals surface area contributed by atoms with Gasteiger partial charge < -0.3 is 13.9 Å². The van der Waals surface area contributed by atoms with E-state index in [2.05, 4.69) is 11.3 Å². The highest BCUT2D eigenvalue weighted by Crippen LogP contribution is 2.55.